The van der Waals surface area contributed by atoms with Crippen molar-refractivity contribution in [2.75, 3.05) is 0 Å². The van der Waals surface area contributed by atoms with E-state index in [0.717, 1.165) is 11.3 Å². The van der Waals surface area contributed by atoms with E-state index in [2.05, 4.69) is 5.16 Å². The van der Waals surface area contributed by atoms with Crippen molar-refractivity contribution in [2.24, 2.45) is 11.1 Å². The predicted octanol–water partition coefficient (Wildman–Crippen LogP) is 0.921. The van der Waals surface area contributed by atoms with E-state index in [1.54, 1.807) is 6.92 Å². The number of hydrogen-bond donors (Lipinski definition) is 2. The molecule has 1 fully saturated rings. The fourth-order valence-corrected chi connectivity index (χ4v) is 2.79. The van der Waals surface area contributed by atoms with Gasteiger partial charge in [-0.25, -0.2) is 0 Å². The van der Waals surface area contributed by atoms with Crippen LogP contribution in [-0.4, -0.2) is 33.7 Å². The molecule has 17 heavy (non-hydrogen) atoms. The monoisotopic (exact) mass is 233 g/mol. The van der Waals surface area contributed by atoms with E-state index >= 15 is 0 Å². The minimum absolute atomic E-state index is 0.229. The van der Waals surface area contributed by atoms with E-state index in [4.69, 9.17) is 4.84 Å². The average molecular weight is 233 g/mol. The Bertz CT molecular complexity index is 455. The Morgan fingerprint density at radius 3 is 2.76 bits per heavy atom. The van der Waals surface area contributed by atoms with Crippen molar-refractivity contribution in [3.63, 3.8) is 0 Å². The molecule has 0 bridgehead atoms. The van der Waals surface area contributed by atoms with Crippen LogP contribution in [0.15, 0.2) is 35.5 Å². The molecule has 1 aliphatic heterocycles. The standard InChI is InChI=1S/C13H15NO3/c1-13(16)7-9(15)10-11(14-17-12(10)13)8-5-3-2-4-6-8/h2-6,9-10,12,15-16H,7H2,1H3/t9-,10-,12+,13+/m1/s1. The molecule has 4 atom stereocenters. The largest absolute Gasteiger partial charge is 0.392 e. The first kappa shape index (κ1) is 10.7. The summed E-state index contributed by atoms with van der Waals surface area (Å²) in [6, 6.07) is 9.64. The van der Waals surface area contributed by atoms with Gasteiger partial charge >= 0.3 is 0 Å². The first-order valence-corrected chi connectivity index (χ1v) is 5.79. The van der Waals surface area contributed by atoms with Gasteiger partial charge in [-0.1, -0.05) is 35.5 Å². The normalized spacial score (nSPS) is 39.7. The summed E-state index contributed by atoms with van der Waals surface area (Å²) in [6.07, 6.45) is -0.710. The molecule has 0 aromatic heterocycles. The maximum absolute atomic E-state index is 10.1. The highest BCUT2D eigenvalue weighted by atomic mass is 16.7. The molecule has 0 spiro atoms. The Morgan fingerprint density at radius 2 is 2.06 bits per heavy atom. The van der Waals surface area contributed by atoms with Crippen LogP contribution in [0.1, 0.15) is 18.9 Å². The van der Waals surface area contributed by atoms with Crippen LogP contribution in [0.4, 0.5) is 0 Å². The van der Waals surface area contributed by atoms with Gasteiger partial charge in [0.1, 0.15) is 5.60 Å². The minimum atomic E-state index is -1.01. The second-order valence-corrected chi connectivity index (χ2v) is 5.02. The lowest BCUT2D eigenvalue weighted by Crippen LogP contribution is -2.37. The van der Waals surface area contributed by atoms with Gasteiger partial charge in [-0.3, -0.25) is 0 Å². The summed E-state index contributed by atoms with van der Waals surface area (Å²) < 4.78 is 0. The smallest absolute Gasteiger partial charge is 0.166 e. The van der Waals surface area contributed by atoms with Gasteiger partial charge in [0.2, 0.25) is 0 Å². The van der Waals surface area contributed by atoms with Gasteiger partial charge in [0, 0.05) is 6.42 Å². The Balaban J connectivity index is 1.96. The number of hydrogen-bond acceptors (Lipinski definition) is 4. The number of nitrogens with zero attached hydrogens (tertiary/aromatic N) is 1. The highest BCUT2D eigenvalue weighted by Crippen LogP contribution is 2.42. The van der Waals surface area contributed by atoms with Crippen LogP contribution >= 0.6 is 0 Å². The molecule has 1 heterocycles. The molecule has 4 heteroatoms. The molecule has 90 valence electrons. The molecule has 4 nitrogen and oxygen atoms in total. The molecule has 0 unspecified atom stereocenters. The van der Waals surface area contributed by atoms with Crippen molar-refractivity contribution in [1.82, 2.24) is 0 Å². The number of benzene rings is 1. The van der Waals surface area contributed by atoms with E-state index in [1.807, 2.05) is 30.3 Å². The van der Waals surface area contributed by atoms with Crippen LogP contribution in [0.3, 0.4) is 0 Å². The summed E-state index contributed by atoms with van der Waals surface area (Å²) in [5.74, 6) is -0.229. The number of aliphatic hydroxyl groups is 2. The highest BCUT2D eigenvalue weighted by Gasteiger charge is 2.56. The summed E-state index contributed by atoms with van der Waals surface area (Å²) in [6.45, 7) is 1.68. The maximum Gasteiger partial charge on any atom is 0.166 e. The van der Waals surface area contributed by atoms with Crippen molar-refractivity contribution >= 4 is 5.71 Å². The zero-order chi connectivity index (χ0) is 12.0. The van der Waals surface area contributed by atoms with Crippen LogP contribution in [0.2, 0.25) is 0 Å². The average Bonchev–Trinajstić information content (AvgIpc) is 2.82. The third kappa shape index (κ3) is 1.56. The summed E-state index contributed by atoms with van der Waals surface area (Å²) in [7, 11) is 0. The molecule has 0 radical (unpaired) electrons. The number of aliphatic hydroxyl groups excluding tert-OH is 1. The van der Waals surface area contributed by atoms with E-state index < -0.39 is 17.8 Å². The Hall–Kier alpha value is -1.39. The quantitative estimate of drug-likeness (QED) is 0.758. The van der Waals surface area contributed by atoms with Crippen LogP contribution in [0.25, 0.3) is 0 Å². The molecule has 1 aliphatic carbocycles. The zero-order valence-electron chi connectivity index (χ0n) is 9.58. The third-order valence-electron chi connectivity index (χ3n) is 3.63. The Labute approximate surface area is 99.5 Å². The van der Waals surface area contributed by atoms with Gasteiger partial charge in [-0.2, -0.15) is 0 Å². The second kappa shape index (κ2) is 3.55. The molecule has 2 aliphatic rings. The maximum atomic E-state index is 10.1. The highest BCUT2D eigenvalue weighted by molar-refractivity contribution is 6.03. The van der Waals surface area contributed by atoms with Crippen molar-refractivity contribution in [3.8, 4) is 0 Å². The van der Waals surface area contributed by atoms with E-state index in [-0.39, 0.29) is 5.92 Å². The lowest BCUT2D eigenvalue weighted by atomic mass is 9.91. The molecule has 1 saturated carbocycles. The first-order valence-electron chi connectivity index (χ1n) is 5.79. The second-order valence-electron chi connectivity index (χ2n) is 5.02. The van der Waals surface area contributed by atoms with Gasteiger partial charge in [-0.15, -0.1) is 0 Å². The van der Waals surface area contributed by atoms with Crippen LogP contribution < -0.4 is 0 Å². The van der Waals surface area contributed by atoms with E-state index in [0.29, 0.717) is 6.42 Å². The molecule has 0 saturated heterocycles. The van der Waals surface area contributed by atoms with Crippen molar-refractivity contribution in [3.05, 3.63) is 35.9 Å². The first-order chi connectivity index (χ1) is 8.09. The van der Waals surface area contributed by atoms with Crippen molar-refractivity contribution in [1.29, 1.82) is 0 Å². The molecule has 0 amide bonds. The molecule has 1 aromatic rings. The third-order valence-corrected chi connectivity index (χ3v) is 3.63. The fraction of sp³-hybridized carbons (Fsp3) is 0.462. The SMILES string of the molecule is C[C@]1(O)C[C@@H](O)[C@@H]2C(c3ccccc3)=NO[C@@H]21. The van der Waals surface area contributed by atoms with Gasteiger partial charge in [-0.05, 0) is 12.5 Å². The van der Waals surface area contributed by atoms with E-state index in [9.17, 15) is 10.2 Å². The zero-order valence-corrected chi connectivity index (χ0v) is 9.58. The molecular formula is C13H15NO3. The van der Waals surface area contributed by atoms with Crippen molar-refractivity contribution < 1.29 is 15.1 Å². The summed E-state index contributed by atoms with van der Waals surface area (Å²) >= 11 is 0. The topological polar surface area (TPSA) is 62.0 Å². The fourth-order valence-electron chi connectivity index (χ4n) is 2.79. The summed E-state index contributed by atoms with van der Waals surface area (Å²) in [5, 5.41) is 24.2. The lowest BCUT2D eigenvalue weighted by molar-refractivity contribution is -0.0738. The number of oxime groups is 1. The summed E-state index contributed by atoms with van der Waals surface area (Å²) in [4.78, 5) is 5.31. The predicted molar refractivity (Wildman–Crippen MR) is 62.6 cm³/mol. The molecule has 1 aromatic carbocycles. The minimum Gasteiger partial charge on any atom is -0.392 e. The van der Waals surface area contributed by atoms with Crippen LogP contribution in [0, 0.1) is 5.92 Å². The van der Waals surface area contributed by atoms with Crippen molar-refractivity contribution in [2.45, 2.75) is 31.2 Å². The van der Waals surface area contributed by atoms with Gasteiger partial charge in [0.25, 0.3) is 0 Å². The van der Waals surface area contributed by atoms with Gasteiger partial charge < -0.3 is 15.1 Å². The molecular weight excluding hydrogens is 218 g/mol. The Morgan fingerprint density at radius 1 is 1.35 bits per heavy atom. The van der Waals surface area contributed by atoms with Gasteiger partial charge in [0.05, 0.1) is 17.7 Å². The Kier molecular flexibility index (Phi) is 2.24. The van der Waals surface area contributed by atoms with Crippen LogP contribution in [0.5, 0.6) is 0 Å². The van der Waals surface area contributed by atoms with Crippen LogP contribution in [-0.2, 0) is 4.84 Å². The molecule has 3 rings (SSSR count). The lowest BCUT2D eigenvalue weighted by Gasteiger charge is -2.21. The summed E-state index contributed by atoms with van der Waals surface area (Å²) in [5.41, 5.74) is 0.669. The number of fused-ring (bicyclic) bond motifs is 1. The molecule has 2 N–H and O–H groups in total. The number of rotatable bonds is 1. The van der Waals surface area contributed by atoms with Gasteiger partial charge in [0.15, 0.2) is 6.10 Å². The van der Waals surface area contributed by atoms with E-state index in [1.165, 1.54) is 0 Å².